The Kier molecular flexibility index (Phi) is 6.24. The van der Waals surface area contributed by atoms with Gasteiger partial charge in [0.2, 0.25) is 17.0 Å². The third-order valence-electron chi connectivity index (χ3n) is 5.21. The van der Waals surface area contributed by atoms with E-state index in [2.05, 4.69) is 40.2 Å². The SMILES string of the molecule is Cc1ccnc(NS(=O)(=O)c2ccc(NC(=O)C(C)Sc3nnc4c(n3)[nH]c3ccccc34)cc2)n1. The van der Waals surface area contributed by atoms with E-state index in [4.69, 9.17) is 0 Å². The van der Waals surface area contributed by atoms with Crippen molar-refractivity contribution in [2.75, 3.05) is 10.0 Å². The molecule has 11 nitrogen and oxygen atoms in total. The van der Waals surface area contributed by atoms with Gasteiger partial charge in [0.05, 0.1) is 10.1 Å². The van der Waals surface area contributed by atoms with Gasteiger partial charge >= 0.3 is 0 Å². The lowest BCUT2D eigenvalue weighted by Crippen LogP contribution is -2.22. The lowest BCUT2D eigenvalue weighted by atomic mass is 10.2. The molecule has 3 heterocycles. The third-order valence-corrected chi connectivity index (χ3v) is 7.50. The summed E-state index contributed by atoms with van der Waals surface area (Å²) in [6, 6.07) is 15.2. The Labute approximate surface area is 210 Å². The molecular formula is C23H20N8O3S2. The molecule has 1 amide bonds. The highest BCUT2D eigenvalue weighted by Gasteiger charge is 2.19. The number of aryl methyl sites for hydroxylation is 1. The minimum atomic E-state index is -3.88. The van der Waals surface area contributed by atoms with E-state index in [0.29, 0.717) is 27.7 Å². The van der Waals surface area contributed by atoms with Crippen molar-refractivity contribution in [1.29, 1.82) is 0 Å². The number of amides is 1. The lowest BCUT2D eigenvalue weighted by Gasteiger charge is -2.12. The first-order valence-corrected chi connectivity index (χ1v) is 13.2. The number of carbonyl (C=O) groups excluding carboxylic acids is 1. The van der Waals surface area contributed by atoms with Crippen LogP contribution in [-0.2, 0) is 14.8 Å². The number of sulfonamides is 1. The molecule has 182 valence electrons. The molecule has 0 saturated heterocycles. The lowest BCUT2D eigenvalue weighted by molar-refractivity contribution is -0.115. The third kappa shape index (κ3) is 4.97. The first-order valence-electron chi connectivity index (χ1n) is 10.8. The molecule has 0 aliphatic carbocycles. The summed E-state index contributed by atoms with van der Waals surface area (Å²) in [5.41, 5.74) is 3.26. The summed E-state index contributed by atoms with van der Waals surface area (Å²) in [6.07, 6.45) is 1.47. The standard InChI is InChI=1S/C23H20N8O3S2/c1-13-11-12-24-22(25-13)31-36(33,34)16-9-7-15(8-10-16)26-21(32)14(2)35-23-28-20-19(29-30-23)17-5-3-4-6-18(17)27-20/h3-12,14H,1-2H3,(H,26,32)(H,24,25,31)(H,27,28,30). The number of nitrogens with zero attached hydrogens (tertiary/aromatic N) is 5. The number of nitrogens with one attached hydrogen (secondary N) is 3. The summed E-state index contributed by atoms with van der Waals surface area (Å²) in [5.74, 6) is -0.303. The fourth-order valence-corrected chi connectivity index (χ4v) is 5.07. The first kappa shape index (κ1) is 23.6. The van der Waals surface area contributed by atoms with Gasteiger partial charge in [0.1, 0.15) is 5.52 Å². The van der Waals surface area contributed by atoms with Crippen molar-refractivity contribution in [3.8, 4) is 0 Å². The zero-order valence-electron chi connectivity index (χ0n) is 19.1. The minimum absolute atomic E-state index is 0.0131. The van der Waals surface area contributed by atoms with Gasteiger partial charge < -0.3 is 10.3 Å². The molecule has 36 heavy (non-hydrogen) atoms. The van der Waals surface area contributed by atoms with Gasteiger partial charge in [-0.15, -0.1) is 10.2 Å². The van der Waals surface area contributed by atoms with Crippen LogP contribution in [0.25, 0.3) is 22.1 Å². The molecule has 13 heteroatoms. The second-order valence-electron chi connectivity index (χ2n) is 7.86. The largest absolute Gasteiger partial charge is 0.338 e. The normalized spacial score (nSPS) is 12.5. The number of anilines is 2. The van der Waals surface area contributed by atoms with Crippen molar-refractivity contribution in [3.05, 3.63) is 66.5 Å². The monoisotopic (exact) mass is 520 g/mol. The number of thioether (sulfide) groups is 1. The number of carbonyl (C=O) groups is 1. The number of hydrogen-bond donors (Lipinski definition) is 3. The van der Waals surface area contributed by atoms with Crippen LogP contribution >= 0.6 is 11.8 Å². The number of aromatic amines is 1. The quantitative estimate of drug-likeness (QED) is 0.273. The molecule has 0 spiro atoms. The van der Waals surface area contributed by atoms with E-state index in [9.17, 15) is 13.2 Å². The van der Waals surface area contributed by atoms with Gasteiger partial charge in [0.25, 0.3) is 10.0 Å². The van der Waals surface area contributed by atoms with Gasteiger partial charge in [-0.2, -0.15) is 0 Å². The second-order valence-corrected chi connectivity index (χ2v) is 10.9. The van der Waals surface area contributed by atoms with E-state index in [0.717, 1.165) is 10.9 Å². The van der Waals surface area contributed by atoms with Gasteiger partial charge in [-0.1, -0.05) is 30.0 Å². The average Bonchev–Trinajstić information content (AvgIpc) is 3.22. The maximum Gasteiger partial charge on any atom is 0.264 e. The van der Waals surface area contributed by atoms with Crippen molar-refractivity contribution in [1.82, 2.24) is 30.1 Å². The second kappa shape index (κ2) is 9.51. The van der Waals surface area contributed by atoms with Crippen molar-refractivity contribution in [2.24, 2.45) is 0 Å². The Morgan fingerprint density at radius 1 is 1.03 bits per heavy atom. The molecule has 5 aromatic rings. The van der Waals surface area contributed by atoms with Crippen molar-refractivity contribution in [2.45, 2.75) is 29.1 Å². The molecule has 0 aliphatic heterocycles. The molecule has 0 saturated carbocycles. The van der Waals surface area contributed by atoms with Crippen LogP contribution in [0.3, 0.4) is 0 Å². The number of hydrogen-bond acceptors (Lipinski definition) is 9. The van der Waals surface area contributed by atoms with Crippen LogP contribution in [0, 0.1) is 6.92 Å². The van der Waals surface area contributed by atoms with Crippen LogP contribution in [0.15, 0.2) is 70.8 Å². The molecule has 3 N–H and O–H groups in total. The van der Waals surface area contributed by atoms with Crippen LogP contribution < -0.4 is 10.0 Å². The summed E-state index contributed by atoms with van der Waals surface area (Å²) in [5, 5.41) is 12.0. The van der Waals surface area contributed by atoms with Gasteiger partial charge in [-0.25, -0.2) is 28.1 Å². The van der Waals surface area contributed by atoms with E-state index in [1.54, 1.807) is 19.9 Å². The molecule has 0 bridgehead atoms. The summed E-state index contributed by atoms with van der Waals surface area (Å²) >= 11 is 1.17. The summed E-state index contributed by atoms with van der Waals surface area (Å²) < 4.78 is 27.5. The van der Waals surface area contributed by atoms with Crippen LogP contribution in [0.4, 0.5) is 11.6 Å². The van der Waals surface area contributed by atoms with Crippen LogP contribution in [0.1, 0.15) is 12.6 Å². The smallest absolute Gasteiger partial charge is 0.264 e. The average molecular weight is 521 g/mol. The Hall–Kier alpha value is -4.10. The minimum Gasteiger partial charge on any atom is -0.338 e. The van der Waals surface area contributed by atoms with Crippen molar-refractivity contribution < 1.29 is 13.2 Å². The Bertz CT molecular complexity index is 1690. The molecule has 1 unspecified atom stereocenters. The topological polar surface area (TPSA) is 156 Å². The van der Waals surface area contributed by atoms with E-state index >= 15 is 0 Å². The molecule has 1 atom stereocenters. The zero-order valence-corrected chi connectivity index (χ0v) is 20.8. The number of H-pyrrole nitrogens is 1. The molecular weight excluding hydrogens is 500 g/mol. The highest BCUT2D eigenvalue weighted by atomic mass is 32.2. The fraction of sp³-hybridized carbons (Fsp3) is 0.130. The summed E-state index contributed by atoms with van der Waals surface area (Å²) in [7, 11) is -3.88. The van der Waals surface area contributed by atoms with Crippen molar-refractivity contribution in [3.63, 3.8) is 0 Å². The molecule has 0 aliphatic rings. The zero-order chi connectivity index (χ0) is 25.3. The highest BCUT2D eigenvalue weighted by Crippen LogP contribution is 2.26. The summed E-state index contributed by atoms with van der Waals surface area (Å²) in [6.45, 7) is 3.46. The van der Waals surface area contributed by atoms with Gasteiger partial charge in [0.15, 0.2) is 5.65 Å². The molecule has 2 aromatic carbocycles. The number of rotatable bonds is 7. The number of para-hydroxylation sites is 1. The predicted molar refractivity (Wildman–Crippen MR) is 137 cm³/mol. The molecule has 0 radical (unpaired) electrons. The Morgan fingerprint density at radius 2 is 1.81 bits per heavy atom. The van der Waals surface area contributed by atoms with Crippen molar-refractivity contribution >= 4 is 61.4 Å². The van der Waals surface area contributed by atoms with Gasteiger partial charge in [-0.3, -0.25) is 4.79 Å². The van der Waals surface area contributed by atoms with Crippen LogP contribution in [0.5, 0.6) is 0 Å². The van der Waals surface area contributed by atoms with Crippen LogP contribution in [-0.4, -0.2) is 49.7 Å². The maximum atomic E-state index is 12.7. The Balaban J connectivity index is 1.24. The Morgan fingerprint density at radius 3 is 2.58 bits per heavy atom. The van der Waals surface area contributed by atoms with E-state index in [1.165, 1.54) is 42.2 Å². The van der Waals surface area contributed by atoms with Crippen LogP contribution in [0.2, 0.25) is 0 Å². The molecule has 5 rings (SSSR count). The van der Waals surface area contributed by atoms with E-state index < -0.39 is 15.3 Å². The fourth-order valence-electron chi connectivity index (χ4n) is 3.41. The predicted octanol–water partition coefficient (Wildman–Crippen LogP) is 3.52. The molecule has 3 aromatic heterocycles. The summed E-state index contributed by atoms with van der Waals surface area (Å²) in [4.78, 5) is 28.4. The molecule has 0 fully saturated rings. The van der Waals surface area contributed by atoms with E-state index in [-0.39, 0.29) is 16.8 Å². The van der Waals surface area contributed by atoms with E-state index in [1.807, 2.05) is 24.3 Å². The number of benzene rings is 2. The number of aromatic nitrogens is 6. The number of fused-ring (bicyclic) bond motifs is 3. The maximum absolute atomic E-state index is 12.7. The highest BCUT2D eigenvalue weighted by molar-refractivity contribution is 8.00. The van der Waals surface area contributed by atoms with Gasteiger partial charge in [-0.05, 0) is 50.2 Å². The first-order chi connectivity index (χ1) is 17.3. The van der Waals surface area contributed by atoms with Gasteiger partial charge in [0, 0.05) is 28.5 Å².